The Morgan fingerprint density at radius 2 is 2.02 bits per heavy atom. The van der Waals surface area contributed by atoms with Gasteiger partial charge in [-0.1, -0.05) is 17.7 Å². The van der Waals surface area contributed by atoms with Gasteiger partial charge in [0.25, 0.3) is 5.56 Å². The van der Waals surface area contributed by atoms with Gasteiger partial charge in [0.05, 0.1) is 23.1 Å². The summed E-state index contributed by atoms with van der Waals surface area (Å²) in [5.74, 6) is -0.519. The van der Waals surface area contributed by atoms with Gasteiger partial charge >= 0.3 is 6.09 Å². The maximum absolute atomic E-state index is 15.1. The summed E-state index contributed by atoms with van der Waals surface area (Å²) in [6.45, 7) is 9.16. The second kappa shape index (κ2) is 11.2. The minimum atomic E-state index is -0.817. The molecule has 4 aromatic heterocycles. The molecule has 1 aliphatic heterocycles. The molecule has 5 heterocycles. The van der Waals surface area contributed by atoms with Gasteiger partial charge in [0.1, 0.15) is 29.6 Å². The molecule has 0 aliphatic carbocycles. The molecule has 1 aliphatic rings. The number of halogens is 2. The highest BCUT2D eigenvalue weighted by Gasteiger charge is 2.35. The lowest BCUT2D eigenvalue weighted by molar-refractivity contribution is 0.0635. The van der Waals surface area contributed by atoms with E-state index in [1.165, 1.54) is 35.4 Å². The number of allylic oxidation sites excluding steroid dienone is 1. The van der Waals surface area contributed by atoms with Crippen LogP contribution in [-0.2, 0) is 11.2 Å². The van der Waals surface area contributed by atoms with Crippen molar-refractivity contribution in [1.82, 2.24) is 39.7 Å². The number of nitrogens with zero attached hydrogens (tertiary/aromatic N) is 7. The fourth-order valence-electron chi connectivity index (χ4n) is 5.29. The van der Waals surface area contributed by atoms with Gasteiger partial charge in [-0.25, -0.2) is 14.8 Å². The summed E-state index contributed by atoms with van der Waals surface area (Å²) in [5.41, 5.74) is 2.32. The van der Waals surface area contributed by atoms with Gasteiger partial charge in [-0.3, -0.25) is 10.1 Å². The minimum absolute atomic E-state index is 0.00183. The number of benzene rings is 1. The molecule has 5 aromatic rings. The first-order valence-electron chi connectivity index (χ1n) is 13.6. The molecule has 14 heteroatoms. The van der Waals surface area contributed by atoms with Crippen LogP contribution in [0, 0.1) is 11.9 Å². The molecule has 2 N–H and O–H groups in total. The summed E-state index contributed by atoms with van der Waals surface area (Å²) < 4.78 is 23.4. The normalized spacial score (nSPS) is 16.0. The van der Waals surface area contributed by atoms with Crippen LogP contribution in [-0.4, -0.2) is 51.4 Å². The Morgan fingerprint density at radius 1 is 1.20 bits per heavy atom. The molecule has 0 spiro atoms. The molecule has 1 amide bonds. The monoisotopic (exact) mass is 615 g/mol. The number of carbonyl (C=O) groups is 1. The predicted octanol–water partition coefficient (Wildman–Crippen LogP) is 5.36. The molecule has 6 rings (SSSR count). The Kier molecular flexibility index (Phi) is 7.33. The van der Waals surface area contributed by atoms with E-state index in [4.69, 9.17) is 16.3 Å². The van der Waals surface area contributed by atoms with Gasteiger partial charge in [-0.15, -0.1) is 11.7 Å². The van der Waals surface area contributed by atoms with E-state index in [-0.39, 0.29) is 22.9 Å². The van der Waals surface area contributed by atoms with E-state index in [0.717, 1.165) is 5.69 Å². The Hall–Kier alpha value is -5.17. The average molecular weight is 616 g/mol. The highest BCUT2D eigenvalue weighted by Crippen LogP contribution is 2.38. The largest absolute Gasteiger partial charge is 0.444 e. The van der Waals surface area contributed by atoms with E-state index in [0.29, 0.717) is 39.8 Å². The number of imidazole rings is 1. The van der Waals surface area contributed by atoms with Crippen LogP contribution in [0.1, 0.15) is 38.3 Å². The van der Waals surface area contributed by atoms with E-state index < -0.39 is 23.7 Å². The number of rotatable bonds is 6. The Balaban J connectivity index is 1.32. The van der Waals surface area contributed by atoms with Crippen molar-refractivity contribution in [2.75, 3.05) is 5.32 Å². The summed E-state index contributed by atoms with van der Waals surface area (Å²) in [6.07, 6.45) is 4.51. The van der Waals surface area contributed by atoms with Crippen molar-refractivity contribution in [3.05, 3.63) is 100 Å². The summed E-state index contributed by atoms with van der Waals surface area (Å²) in [7, 11) is 0. The molecule has 2 atom stereocenters. The first kappa shape index (κ1) is 28.9. The standard InChI is InChI=1S/C30H27ClFN9O3/c1-5-16-10-19-11-17(21-13-18(31)6-8-23(21)40-15-34-38-39-40)12-25(42)41(19)26(16)28-33-14-22(35-28)20-7-9-24(36-27(20)32)37-29(43)44-30(2,3)4/h5-9,11-16,26H,1,10H2,2-4H3,(H,33,35)(H,36,37,43)/t16-,26-/m0/s1. The van der Waals surface area contributed by atoms with Crippen molar-refractivity contribution in [2.45, 2.75) is 38.8 Å². The van der Waals surface area contributed by atoms with Crippen LogP contribution in [0.25, 0.3) is 28.1 Å². The fraction of sp³-hybridized carbons (Fsp3) is 0.233. The lowest BCUT2D eigenvalue weighted by Gasteiger charge is -2.19. The number of ether oxygens (including phenoxy) is 1. The molecule has 12 nitrogen and oxygen atoms in total. The van der Waals surface area contributed by atoms with Gasteiger partial charge in [0, 0.05) is 28.3 Å². The molecule has 224 valence electrons. The summed E-state index contributed by atoms with van der Waals surface area (Å²) in [5, 5.41) is 14.3. The highest BCUT2D eigenvalue weighted by atomic mass is 35.5. The number of amides is 1. The van der Waals surface area contributed by atoms with E-state index in [1.807, 2.05) is 6.07 Å². The highest BCUT2D eigenvalue weighted by molar-refractivity contribution is 6.31. The summed E-state index contributed by atoms with van der Waals surface area (Å²) in [6, 6.07) is 11.2. The van der Waals surface area contributed by atoms with Crippen molar-refractivity contribution < 1.29 is 13.9 Å². The third-order valence-electron chi connectivity index (χ3n) is 7.09. The van der Waals surface area contributed by atoms with Crippen LogP contribution in [0.2, 0.25) is 5.02 Å². The predicted molar refractivity (Wildman–Crippen MR) is 161 cm³/mol. The number of aromatic nitrogens is 8. The van der Waals surface area contributed by atoms with Gasteiger partial charge in [-0.05, 0) is 79.6 Å². The number of aromatic amines is 1. The van der Waals surface area contributed by atoms with Crippen molar-refractivity contribution in [1.29, 1.82) is 0 Å². The molecule has 44 heavy (non-hydrogen) atoms. The Morgan fingerprint density at radius 3 is 2.73 bits per heavy atom. The van der Waals surface area contributed by atoms with Gasteiger partial charge in [0.2, 0.25) is 5.95 Å². The molecule has 0 bridgehead atoms. The summed E-state index contributed by atoms with van der Waals surface area (Å²) in [4.78, 5) is 37.3. The summed E-state index contributed by atoms with van der Waals surface area (Å²) >= 11 is 6.33. The number of anilines is 1. The molecule has 0 saturated carbocycles. The SMILES string of the molecule is C=C[C@H]1Cc2cc(-c3cc(Cl)ccc3-n3cnnn3)cc(=O)n2[C@@H]1c1ncc(-c2ccc(NC(=O)OC(C)(C)C)nc2F)[nH]1. The number of pyridine rings is 2. The quantitative estimate of drug-likeness (QED) is 0.192. The number of hydrogen-bond acceptors (Lipinski definition) is 8. The van der Waals surface area contributed by atoms with E-state index in [2.05, 4.69) is 42.4 Å². The molecule has 0 unspecified atom stereocenters. The van der Waals surface area contributed by atoms with Gasteiger partial charge in [0.15, 0.2) is 0 Å². The van der Waals surface area contributed by atoms with Crippen LogP contribution in [0.4, 0.5) is 15.0 Å². The van der Waals surface area contributed by atoms with Crippen LogP contribution in [0.5, 0.6) is 0 Å². The van der Waals surface area contributed by atoms with Crippen molar-refractivity contribution >= 4 is 23.5 Å². The molecular formula is C30H27ClFN9O3. The zero-order valence-electron chi connectivity index (χ0n) is 24.0. The van der Waals surface area contributed by atoms with Crippen molar-refractivity contribution in [2.24, 2.45) is 5.92 Å². The topological polar surface area (TPSA) is 146 Å². The van der Waals surface area contributed by atoms with Crippen LogP contribution in [0.15, 0.2) is 72.4 Å². The maximum Gasteiger partial charge on any atom is 0.413 e. The van der Waals surface area contributed by atoms with Crippen LogP contribution < -0.4 is 10.9 Å². The van der Waals surface area contributed by atoms with E-state index in [9.17, 15) is 9.59 Å². The average Bonchev–Trinajstić information content (AvgIpc) is 3.72. The number of fused-ring (bicyclic) bond motifs is 1. The Bertz CT molecular complexity index is 1950. The van der Waals surface area contributed by atoms with Gasteiger partial charge < -0.3 is 14.3 Å². The maximum atomic E-state index is 15.1. The number of nitrogens with one attached hydrogen (secondary N) is 2. The first-order chi connectivity index (χ1) is 21.0. The smallest absolute Gasteiger partial charge is 0.413 e. The van der Waals surface area contributed by atoms with Crippen molar-refractivity contribution in [3.63, 3.8) is 0 Å². The zero-order valence-corrected chi connectivity index (χ0v) is 24.7. The molecule has 1 aromatic carbocycles. The number of carbonyl (C=O) groups excluding carboxylic acids is 1. The molecule has 0 saturated heterocycles. The second-order valence-corrected chi connectivity index (χ2v) is 11.7. The molecule has 0 radical (unpaired) electrons. The van der Waals surface area contributed by atoms with E-state index >= 15 is 4.39 Å². The van der Waals surface area contributed by atoms with Crippen molar-refractivity contribution in [3.8, 4) is 28.1 Å². The van der Waals surface area contributed by atoms with Crippen LogP contribution in [0.3, 0.4) is 0 Å². The number of tetrazole rings is 1. The molecular weight excluding hydrogens is 589 g/mol. The number of H-pyrrole nitrogens is 1. The fourth-order valence-corrected chi connectivity index (χ4v) is 5.47. The van der Waals surface area contributed by atoms with Crippen LogP contribution >= 0.6 is 11.6 Å². The minimum Gasteiger partial charge on any atom is -0.444 e. The molecule has 0 fully saturated rings. The number of hydrogen-bond donors (Lipinski definition) is 2. The zero-order chi connectivity index (χ0) is 31.2. The lowest BCUT2D eigenvalue weighted by Crippen LogP contribution is -2.27. The van der Waals surface area contributed by atoms with E-state index in [1.54, 1.807) is 49.6 Å². The Labute approximate surface area is 255 Å². The second-order valence-electron chi connectivity index (χ2n) is 11.3. The third kappa shape index (κ3) is 5.61. The lowest BCUT2D eigenvalue weighted by atomic mass is 9.98. The first-order valence-corrected chi connectivity index (χ1v) is 14.0. The third-order valence-corrected chi connectivity index (χ3v) is 7.32. The van der Waals surface area contributed by atoms with Gasteiger partial charge in [-0.2, -0.15) is 9.07 Å².